The number of hydrogen-bond donors (Lipinski definition) is 1. The first-order chi connectivity index (χ1) is 16.4. The van der Waals surface area contributed by atoms with E-state index in [0.717, 1.165) is 34.5 Å². The van der Waals surface area contributed by atoms with Crippen molar-refractivity contribution in [1.82, 2.24) is 24.7 Å². The van der Waals surface area contributed by atoms with Crippen molar-refractivity contribution in [3.8, 4) is 11.3 Å². The second kappa shape index (κ2) is 9.02. The maximum Gasteiger partial charge on any atom is 0.228 e. The first-order valence-electron chi connectivity index (χ1n) is 11.2. The topological polar surface area (TPSA) is 71.8 Å². The number of benzene rings is 1. The maximum atomic E-state index is 15.5. The van der Waals surface area contributed by atoms with Crippen molar-refractivity contribution >= 4 is 29.1 Å². The highest BCUT2D eigenvalue weighted by Crippen LogP contribution is 2.38. The van der Waals surface area contributed by atoms with Crippen LogP contribution in [-0.4, -0.2) is 37.3 Å². The zero-order valence-corrected chi connectivity index (χ0v) is 20.0. The van der Waals surface area contributed by atoms with Gasteiger partial charge in [-0.05, 0) is 61.6 Å². The van der Waals surface area contributed by atoms with Crippen LogP contribution in [0.25, 0.3) is 11.3 Å². The molecule has 4 aromatic rings. The summed E-state index contributed by atoms with van der Waals surface area (Å²) in [5.41, 5.74) is 4.94. The highest BCUT2D eigenvalue weighted by Gasteiger charge is 2.30. The lowest BCUT2D eigenvalue weighted by molar-refractivity contribution is 0.608. The fourth-order valence-electron chi connectivity index (χ4n) is 4.50. The van der Waals surface area contributed by atoms with E-state index in [9.17, 15) is 0 Å². The fourth-order valence-corrected chi connectivity index (χ4v) is 4.72. The van der Waals surface area contributed by atoms with Gasteiger partial charge in [0.15, 0.2) is 0 Å². The Morgan fingerprint density at radius 2 is 2.06 bits per heavy atom. The van der Waals surface area contributed by atoms with Gasteiger partial charge in [0.25, 0.3) is 0 Å². The summed E-state index contributed by atoms with van der Waals surface area (Å²) >= 11 is 6.22. The van der Waals surface area contributed by atoms with E-state index in [1.54, 1.807) is 29.3 Å². The third kappa shape index (κ3) is 4.21. The second-order valence-electron chi connectivity index (χ2n) is 8.61. The van der Waals surface area contributed by atoms with Crippen LogP contribution in [0.1, 0.15) is 23.6 Å². The standard InChI is InChI=1S/C25H25ClFN7/c1-15-14-29-25(31-21-6-9-30-33(21)3)32-22(15)18-12-19-11-16(2)34(23(19)20(27)13-18)10-7-17-5-4-8-28-24(17)26/h4-6,8-9,12-14,16H,7,10-11H2,1-3H3,(H,29,31,32). The largest absolute Gasteiger partial charge is 0.366 e. The van der Waals surface area contributed by atoms with E-state index in [2.05, 4.69) is 43.3 Å². The van der Waals surface area contributed by atoms with E-state index in [4.69, 9.17) is 11.6 Å². The van der Waals surface area contributed by atoms with Gasteiger partial charge >= 0.3 is 0 Å². The summed E-state index contributed by atoms with van der Waals surface area (Å²) in [5.74, 6) is 0.967. The molecule has 174 valence electrons. The van der Waals surface area contributed by atoms with Gasteiger partial charge in [-0.25, -0.2) is 19.3 Å². The van der Waals surface area contributed by atoms with Crippen LogP contribution >= 0.6 is 11.6 Å². The number of pyridine rings is 1. The lowest BCUT2D eigenvalue weighted by atomic mass is 10.0. The molecule has 0 fully saturated rings. The van der Waals surface area contributed by atoms with Crippen molar-refractivity contribution in [2.24, 2.45) is 7.05 Å². The van der Waals surface area contributed by atoms with Crippen LogP contribution in [0.2, 0.25) is 5.15 Å². The molecule has 0 amide bonds. The van der Waals surface area contributed by atoms with Crippen molar-refractivity contribution in [2.75, 3.05) is 16.8 Å². The van der Waals surface area contributed by atoms with Gasteiger partial charge in [0.1, 0.15) is 16.8 Å². The minimum absolute atomic E-state index is 0.184. The van der Waals surface area contributed by atoms with E-state index in [-0.39, 0.29) is 11.9 Å². The number of aromatic nitrogens is 5. The van der Waals surface area contributed by atoms with Gasteiger partial charge in [-0.15, -0.1) is 0 Å². The Bertz CT molecular complexity index is 1350. The van der Waals surface area contributed by atoms with Gasteiger partial charge < -0.3 is 10.2 Å². The summed E-state index contributed by atoms with van der Waals surface area (Å²) in [6.07, 6.45) is 6.59. The maximum absolute atomic E-state index is 15.5. The van der Waals surface area contributed by atoms with E-state index < -0.39 is 0 Å². The molecule has 1 aliphatic rings. The van der Waals surface area contributed by atoms with Crippen molar-refractivity contribution < 1.29 is 4.39 Å². The van der Waals surface area contributed by atoms with Gasteiger partial charge in [-0.2, -0.15) is 5.10 Å². The smallest absolute Gasteiger partial charge is 0.228 e. The molecule has 0 aliphatic carbocycles. The number of nitrogens with zero attached hydrogens (tertiary/aromatic N) is 6. The quantitative estimate of drug-likeness (QED) is 0.389. The van der Waals surface area contributed by atoms with Gasteiger partial charge in [0.05, 0.1) is 17.6 Å². The molecular formula is C25H25ClFN7. The zero-order chi connectivity index (χ0) is 23.8. The number of rotatable bonds is 6. The molecule has 34 heavy (non-hydrogen) atoms. The molecule has 0 radical (unpaired) electrons. The van der Waals surface area contributed by atoms with E-state index in [1.165, 1.54) is 0 Å². The van der Waals surface area contributed by atoms with Gasteiger partial charge in [0, 0.05) is 43.7 Å². The Labute approximate surface area is 202 Å². The molecule has 1 aliphatic heterocycles. The SMILES string of the molecule is Cc1cnc(Nc2ccnn2C)nc1-c1cc(F)c2c(c1)CC(C)N2CCc1cccnc1Cl. The highest BCUT2D eigenvalue weighted by atomic mass is 35.5. The summed E-state index contributed by atoms with van der Waals surface area (Å²) in [5, 5.41) is 7.82. The molecule has 0 spiro atoms. The number of anilines is 3. The second-order valence-corrected chi connectivity index (χ2v) is 8.96. The summed E-state index contributed by atoms with van der Waals surface area (Å²) in [6, 6.07) is 9.48. The number of halogens is 2. The van der Waals surface area contributed by atoms with Crippen LogP contribution in [0, 0.1) is 12.7 Å². The zero-order valence-electron chi connectivity index (χ0n) is 19.3. The van der Waals surface area contributed by atoms with E-state index >= 15 is 4.39 Å². The number of fused-ring (bicyclic) bond motifs is 1. The molecule has 7 nitrogen and oxygen atoms in total. The third-order valence-corrected chi connectivity index (χ3v) is 6.58. The lowest BCUT2D eigenvalue weighted by Gasteiger charge is -2.25. The number of nitrogens with one attached hydrogen (secondary N) is 1. The summed E-state index contributed by atoms with van der Waals surface area (Å²) < 4.78 is 17.2. The first kappa shape index (κ1) is 22.3. The Balaban J connectivity index is 1.43. The molecule has 4 heterocycles. The molecule has 1 N–H and O–H groups in total. The van der Waals surface area contributed by atoms with Gasteiger partial charge in [0.2, 0.25) is 5.95 Å². The fraction of sp³-hybridized carbons (Fsp3) is 0.280. The Morgan fingerprint density at radius 1 is 1.21 bits per heavy atom. The van der Waals surface area contributed by atoms with E-state index in [0.29, 0.717) is 35.4 Å². The minimum Gasteiger partial charge on any atom is -0.366 e. The molecular weight excluding hydrogens is 453 g/mol. The molecule has 1 aromatic carbocycles. The predicted molar refractivity (Wildman–Crippen MR) is 132 cm³/mol. The van der Waals surface area contributed by atoms with E-state index in [1.807, 2.05) is 32.2 Å². The number of hydrogen-bond acceptors (Lipinski definition) is 6. The number of aryl methyl sites for hydroxylation is 2. The van der Waals surface area contributed by atoms with Crippen LogP contribution in [0.3, 0.4) is 0 Å². The van der Waals surface area contributed by atoms with Crippen molar-refractivity contribution in [3.63, 3.8) is 0 Å². The lowest BCUT2D eigenvalue weighted by Crippen LogP contribution is -2.31. The van der Waals surface area contributed by atoms with Crippen LogP contribution < -0.4 is 10.2 Å². The summed E-state index contributed by atoms with van der Waals surface area (Å²) in [4.78, 5) is 15.3. The van der Waals surface area contributed by atoms with Crippen molar-refractivity contribution in [3.05, 3.63) is 76.6 Å². The predicted octanol–water partition coefficient (Wildman–Crippen LogP) is 5.11. The van der Waals surface area contributed by atoms with Gasteiger partial charge in [-0.3, -0.25) is 4.68 Å². The Hall–Kier alpha value is -3.52. The Morgan fingerprint density at radius 3 is 2.82 bits per heavy atom. The van der Waals surface area contributed by atoms with Crippen LogP contribution in [0.4, 0.5) is 21.8 Å². The molecule has 0 bridgehead atoms. The summed E-state index contributed by atoms with van der Waals surface area (Å²) in [6.45, 7) is 4.72. The minimum atomic E-state index is -0.242. The molecule has 5 rings (SSSR count). The van der Waals surface area contributed by atoms with Gasteiger partial charge in [-0.1, -0.05) is 17.7 Å². The first-order valence-corrected chi connectivity index (χ1v) is 11.6. The molecule has 3 aromatic heterocycles. The molecule has 1 atom stereocenters. The molecule has 0 saturated carbocycles. The highest BCUT2D eigenvalue weighted by molar-refractivity contribution is 6.30. The van der Waals surface area contributed by atoms with Crippen molar-refractivity contribution in [1.29, 1.82) is 0 Å². The van der Waals surface area contributed by atoms with Crippen LogP contribution in [0.5, 0.6) is 0 Å². The monoisotopic (exact) mass is 477 g/mol. The molecule has 0 saturated heterocycles. The summed E-state index contributed by atoms with van der Waals surface area (Å²) in [7, 11) is 1.84. The normalized spacial score (nSPS) is 15.0. The Kier molecular flexibility index (Phi) is 5.91. The molecule has 9 heteroatoms. The average molecular weight is 478 g/mol. The van der Waals surface area contributed by atoms with Crippen LogP contribution in [-0.2, 0) is 19.9 Å². The average Bonchev–Trinajstić information content (AvgIpc) is 3.36. The molecule has 1 unspecified atom stereocenters. The van der Waals surface area contributed by atoms with Crippen LogP contribution in [0.15, 0.2) is 48.9 Å². The third-order valence-electron chi connectivity index (χ3n) is 6.24. The van der Waals surface area contributed by atoms with Crippen molar-refractivity contribution in [2.45, 2.75) is 32.7 Å².